The van der Waals surface area contributed by atoms with E-state index in [0.29, 0.717) is 0 Å². The standard InChI is InChI=1S/C12H14ClFN2O3/c13-8-4-11(12(16(18)19)5-9(8)14)15-10-3-1-2-7(10)6-17/h4-5,7,10,15,17H,1-3,6H2. The third-order valence-electron chi connectivity index (χ3n) is 3.47. The van der Waals surface area contributed by atoms with E-state index in [1.807, 2.05) is 0 Å². The van der Waals surface area contributed by atoms with Gasteiger partial charge in [0, 0.05) is 18.6 Å². The van der Waals surface area contributed by atoms with Gasteiger partial charge in [0.15, 0.2) is 0 Å². The number of aliphatic hydroxyl groups is 1. The van der Waals surface area contributed by atoms with E-state index in [1.54, 1.807) is 0 Å². The van der Waals surface area contributed by atoms with Crippen LogP contribution in [0.15, 0.2) is 12.1 Å². The predicted octanol–water partition coefficient (Wildman–Crippen LogP) is 2.96. The molecular formula is C12H14ClFN2O3. The molecule has 1 aromatic rings. The lowest BCUT2D eigenvalue weighted by molar-refractivity contribution is -0.384. The van der Waals surface area contributed by atoms with Gasteiger partial charge >= 0.3 is 0 Å². The minimum atomic E-state index is -0.816. The normalized spacial score (nSPS) is 22.5. The van der Waals surface area contributed by atoms with Crippen molar-refractivity contribution in [1.29, 1.82) is 0 Å². The number of halogens is 2. The Morgan fingerprint density at radius 2 is 2.26 bits per heavy atom. The lowest BCUT2D eigenvalue weighted by Crippen LogP contribution is -2.26. The number of hydrogen-bond donors (Lipinski definition) is 2. The van der Waals surface area contributed by atoms with Crippen molar-refractivity contribution < 1.29 is 14.4 Å². The van der Waals surface area contributed by atoms with Crippen LogP contribution in [0.1, 0.15) is 19.3 Å². The maximum atomic E-state index is 13.3. The molecule has 2 N–H and O–H groups in total. The van der Waals surface area contributed by atoms with Crippen LogP contribution in [-0.4, -0.2) is 22.7 Å². The number of hydrogen-bond acceptors (Lipinski definition) is 4. The number of aliphatic hydroxyl groups excluding tert-OH is 1. The third-order valence-corrected chi connectivity index (χ3v) is 3.76. The zero-order valence-corrected chi connectivity index (χ0v) is 10.9. The number of nitrogens with zero attached hydrogens (tertiary/aromatic N) is 1. The van der Waals surface area contributed by atoms with E-state index in [2.05, 4.69) is 5.32 Å². The number of nitrogens with one attached hydrogen (secondary N) is 1. The Bertz CT molecular complexity index is 498. The molecule has 7 heteroatoms. The molecule has 0 aliphatic heterocycles. The van der Waals surface area contributed by atoms with Crippen LogP contribution in [0, 0.1) is 21.8 Å². The second-order valence-electron chi connectivity index (χ2n) is 4.66. The van der Waals surface area contributed by atoms with E-state index in [-0.39, 0.29) is 35.0 Å². The minimum absolute atomic E-state index is 0.0282. The van der Waals surface area contributed by atoms with Gasteiger partial charge in [-0.15, -0.1) is 0 Å². The molecule has 2 unspecified atom stereocenters. The van der Waals surface area contributed by atoms with Gasteiger partial charge in [-0.05, 0) is 18.9 Å². The Morgan fingerprint density at radius 1 is 1.53 bits per heavy atom. The summed E-state index contributed by atoms with van der Waals surface area (Å²) >= 11 is 5.66. The summed E-state index contributed by atoms with van der Waals surface area (Å²) in [6, 6.07) is 1.99. The van der Waals surface area contributed by atoms with E-state index in [1.165, 1.54) is 6.07 Å². The summed E-state index contributed by atoms with van der Waals surface area (Å²) in [5.74, 6) is -0.757. The summed E-state index contributed by atoms with van der Waals surface area (Å²) in [7, 11) is 0. The van der Waals surface area contributed by atoms with Gasteiger partial charge in [0.1, 0.15) is 11.5 Å². The molecule has 1 aliphatic carbocycles. The smallest absolute Gasteiger partial charge is 0.295 e. The summed E-state index contributed by atoms with van der Waals surface area (Å²) in [6.45, 7) is 0.0282. The van der Waals surface area contributed by atoms with E-state index >= 15 is 0 Å². The molecule has 0 heterocycles. The molecule has 1 aromatic carbocycles. The Hall–Kier alpha value is -1.40. The molecule has 19 heavy (non-hydrogen) atoms. The van der Waals surface area contributed by atoms with Crippen molar-refractivity contribution in [1.82, 2.24) is 0 Å². The van der Waals surface area contributed by atoms with Crippen LogP contribution in [0.5, 0.6) is 0 Å². The molecule has 0 saturated heterocycles. The summed E-state index contributed by atoms with van der Waals surface area (Å²) in [5.41, 5.74) is -0.146. The topological polar surface area (TPSA) is 75.4 Å². The molecule has 2 atom stereocenters. The molecule has 104 valence electrons. The van der Waals surface area contributed by atoms with Gasteiger partial charge in [0.05, 0.1) is 16.0 Å². The lowest BCUT2D eigenvalue weighted by atomic mass is 10.0. The zero-order valence-electron chi connectivity index (χ0n) is 10.1. The monoisotopic (exact) mass is 288 g/mol. The van der Waals surface area contributed by atoms with Crippen LogP contribution in [0.4, 0.5) is 15.8 Å². The maximum absolute atomic E-state index is 13.3. The maximum Gasteiger partial charge on any atom is 0.295 e. The highest BCUT2D eigenvalue weighted by Gasteiger charge is 2.29. The third kappa shape index (κ3) is 2.96. The van der Waals surface area contributed by atoms with Gasteiger partial charge < -0.3 is 10.4 Å². The van der Waals surface area contributed by atoms with Crippen LogP contribution in [0.25, 0.3) is 0 Å². The fourth-order valence-electron chi connectivity index (χ4n) is 2.45. The Kier molecular flexibility index (Phi) is 4.21. The number of nitro groups is 1. The van der Waals surface area contributed by atoms with Crippen molar-refractivity contribution in [2.24, 2.45) is 5.92 Å². The first-order valence-corrected chi connectivity index (χ1v) is 6.41. The number of nitro benzene ring substituents is 1. The largest absolute Gasteiger partial charge is 0.396 e. The van der Waals surface area contributed by atoms with Crippen LogP contribution in [-0.2, 0) is 0 Å². The highest BCUT2D eigenvalue weighted by Crippen LogP contribution is 2.34. The average molecular weight is 289 g/mol. The van der Waals surface area contributed by atoms with E-state index < -0.39 is 10.7 Å². The van der Waals surface area contributed by atoms with Gasteiger partial charge in [-0.25, -0.2) is 4.39 Å². The number of rotatable bonds is 4. The van der Waals surface area contributed by atoms with Crippen molar-refractivity contribution >= 4 is 23.0 Å². The van der Waals surface area contributed by atoms with Crippen LogP contribution in [0.3, 0.4) is 0 Å². The van der Waals surface area contributed by atoms with Crippen molar-refractivity contribution in [2.45, 2.75) is 25.3 Å². The molecule has 1 aliphatic rings. The number of anilines is 1. The summed E-state index contributed by atoms with van der Waals surface area (Å²) in [4.78, 5) is 10.3. The summed E-state index contributed by atoms with van der Waals surface area (Å²) in [6.07, 6.45) is 2.64. The molecule has 0 aromatic heterocycles. The highest BCUT2D eigenvalue weighted by atomic mass is 35.5. The summed E-state index contributed by atoms with van der Waals surface area (Å²) in [5, 5.41) is 23.0. The first-order valence-electron chi connectivity index (χ1n) is 6.03. The molecule has 0 radical (unpaired) electrons. The molecular weight excluding hydrogens is 275 g/mol. The van der Waals surface area contributed by atoms with Crippen molar-refractivity contribution in [3.63, 3.8) is 0 Å². The highest BCUT2D eigenvalue weighted by molar-refractivity contribution is 6.31. The predicted molar refractivity (Wildman–Crippen MR) is 69.9 cm³/mol. The van der Waals surface area contributed by atoms with Crippen molar-refractivity contribution in [3.05, 3.63) is 33.1 Å². The minimum Gasteiger partial charge on any atom is -0.396 e. The fraction of sp³-hybridized carbons (Fsp3) is 0.500. The summed E-state index contributed by atoms with van der Waals surface area (Å²) < 4.78 is 13.3. The Labute approximate surface area is 114 Å². The molecule has 1 fully saturated rings. The van der Waals surface area contributed by atoms with Crippen molar-refractivity contribution in [2.75, 3.05) is 11.9 Å². The number of benzene rings is 1. The fourth-order valence-corrected chi connectivity index (χ4v) is 2.61. The van der Waals surface area contributed by atoms with Crippen molar-refractivity contribution in [3.8, 4) is 0 Å². The lowest BCUT2D eigenvalue weighted by Gasteiger charge is -2.20. The Morgan fingerprint density at radius 3 is 2.89 bits per heavy atom. The van der Waals surface area contributed by atoms with Gasteiger partial charge in [-0.1, -0.05) is 18.0 Å². The first-order chi connectivity index (χ1) is 9.02. The van der Waals surface area contributed by atoms with Gasteiger partial charge in [0.2, 0.25) is 0 Å². The zero-order chi connectivity index (χ0) is 14.0. The molecule has 2 rings (SSSR count). The van der Waals surface area contributed by atoms with Gasteiger partial charge in [0.25, 0.3) is 5.69 Å². The van der Waals surface area contributed by atoms with Gasteiger partial charge in [-0.3, -0.25) is 10.1 Å². The van der Waals surface area contributed by atoms with Crippen LogP contribution >= 0.6 is 11.6 Å². The SMILES string of the molecule is O=[N+]([O-])c1cc(F)c(Cl)cc1NC1CCCC1CO. The van der Waals surface area contributed by atoms with Crippen LogP contribution in [0.2, 0.25) is 5.02 Å². The second kappa shape index (κ2) is 5.71. The molecule has 5 nitrogen and oxygen atoms in total. The molecule has 1 saturated carbocycles. The van der Waals surface area contributed by atoms with E-state index in [4.69, 9.17) is 11.6 Å². The molecule has 0 bridgehead atoms. The Balaban J connectivity index is 2.28. The quantitative estimate of drug-likeness (QED) is 0.660. The van der Waals surface area contributed by atoms with E-state index in [9.17, 15) is 19.6 Å². The molecule has 0 amide bonds. The second-order valence-corrected chi connectivity index (χ2v) is 5.07. The average Bonchev–Trinajstić information content (AvgIpc) is 2.80. The van der Waals surface area contributed by atoms with Crippen LogP contribution < -0.4 is 5.32 Å². The first kappa shape index (κ1) is 14.0. The van der Waals surface area contributed by atoms with E-state index in [0.717, 1.165) is 25.3 Å². The van der Waals surface area contributed by atoms with Gasteiger partial charge in [-0.2, -0.15) is 0 Å². The molecule has 0 spiro atoms.